The summed E-state index contributed by atoms with van der Waals surface area (Å²) >= 11 is 1.77. The van der Waals surface area contributed by atoms with Crippen LogP contribution in [0.3, 0.4) is 0 Å². The predicted molar refractivity (Wildman–Crippen MR) is 75.5 cm³/mol. The number of rotatable bonds is 6. The number of nitrogens with one attached hydrogen (secondary N) is 1. The Morgan fingerprint density at radius 1 is 1.35 bits per heavy atom. The van der Waals surface area contributed by atoms with Gasteiger partial charge in [-0.15, -0.1) is 0 Å². The summed E-state index contributed by atoms with van der Waals surface area (Å²) in [5, 5.41) is 3.10. The molecule has 2 unspecified atom stereocenters. The SMILES string of the molecule is CSCC(C)NC(=O)N(C1CC1)C(C)C(C)C. The molecule has 2 amide bonds. The highest BCUT2D eigenvalue weighted by atomic mass is 32.2. The van der Waals surface area contributed by atoms with Crippen molar-refractivity contribution < 1.29 is 4.79 Å². The van der Waals surface area contributed by atoms with Crippen molar-refractivity contribution in [3.63, 3.8) is 0 Å². The number of hydrogen-bond acceptors (Lipinski definition) is 2. The molecule has 0 bridgehead atoms. The van der Waals surface area contributed by atoms with Gasteiger partial charge in [0.15, 0.2) is 0 Å². The molecule has 0 heterocycles. The van der Waals surface area contributed by atoms with E-state index in [2.05, 4.69) is 44.2 Å². The van der Waals surface area contributed by atoms with Crippen LogP contribution in [0.2, 0.25) is 0 Å². The van der Waals surface area contributed by atoms with E-state index in [1.807, 2.05) is 0 Å². The van der Waals surface area contributed by atoms with Crippen LogP contribution in [0.4, 0.5) is 4.79 Å². The van der Waals surface area contributed by atoms with Gasteiger partial charge in [0.2, 0.25) is 0 Å². The number of thioether (sulfide) groups is 1. The molecular weight excluding hydrogens is 232 g/mol. The van der Waals surface area contributed by atoms with Gasteiger partial charge >= 0.3 is 6.03 Å². The first-order chi connectivity index (χ1) is 7.97. The molecule has 1 fully saturated rings. The molecular formula is C13H26N2OS. The first-order valence-electron chi connectivity index (χ1n) is 6.55. The number of amides is 2. The second-order valence-electron chi connectivity index (χ2n) is 5.43. The van der Waals surface area contributed by atoms with Crippen LogP contribution >= 0.6 is 11.8 Å². The molecule has 1 saturated carbocycles. The summed E-state index contributed by atoms with van der Waals surface area (Å²) in [5.41, 5.74) is 0. The van der Waals surface area contributed by atoms with Gasteiger partial charge in [-0.2, -0.15) is 11.8 Å². The molecule has 1 aliphatic carbocycles. The lowest BCUT2D eigenvalue weighted by Gasteiger charge is -2.33. The fourth-order valence-corrected chi connectivity index (χ4v) is 2.52. The van der Waals surface area contributed by atoms with Crippen molar-refractivity contribution in [1.29, 1.82) is 0 Å². The lowest BCUT2D eigenvalue weighted by Crippen LogP contribution is -2.50. The van der Waals surface area contributed by atoms with Gasteiger partial charge in [0.25, 0.3) is 0 Å². The summed E-state index contributed by atoms with van der Waals surface area (Å²) in [6.45, 7) is 8.58. The fourth-order valence-electron chi connectivity index (χ4n) is 1.93. The Morgan fingerprint density at radius 2 is 1.94 bits per heavy atom. The zero-order valence-electron chi connectivity index (χ0n) is 11.7. The second-order valence-corrected chi connectivity index (χ2v) is 6.34. The minimum absolute atomic E-state index is 0.121. The third-order valence-electron chi connectivity index (χ3n) is 3.36. The molecule has 0 saturated heterocycles. The van der Waals surface area contributed by atoms with Crippen molar-refractivity contribution in [2.24, 2.45) is 5.92 Å². The van der Waals surface area contributed by atoms with E-state index in [9.17, 15) is 4.79 Å². The Hall–Kier alpha value is -0.380. The average molecular weight is 258 g/mol. The van der Waals surface area contributed by atoms with Gasteiger partial charge in [-0.05, 0) is 38.9 Å². The van der Waals surface area contributed by atoms with E-state index < -0.39 is 0 Å². The molecule has 0 aromatic heterocycles. The first kappa shape index (κ1) is 14.7. The van der Waals surface area contributed by atoms with E-state index >= 15 is 0 Å². The van der Waals surface area contributed by atoms with Gasteiger partial charge < -0.3 is 10.2 Å². The molecule has 100 valence electrons. The normalized spacial score (nSPS) is 18.9. The van der Waals surface area contributed by atoms with E-state index in [4.69, 9.17) is 0 Å². The van der Waals surface area contributed by atoms with E-state index in [-0.39, 0.29) is 12.1 Å². The Bertz CT molecular complexity index is 254. The molecule has 0 radical (unpaired) electrons. The van der Waals surface area contributed by atoms with Crippen molar-refractivity contribution in [3.8, 4) is 0 Å². The molecule has 1 rings (SSSR count). The zero-order chi connectivity index (χ0) is 13.0. The van der Waals surface area contributed by atoms with Gasteiger partial charge in [-0.3, -0.25) is 0 Å². The highest BCUT2D eigenvalue weighted by Crippen LogP contribution is 2.30. The second kappa shape index (κ2) is 6.53. The van der Waals surface area contributed by atoms with E-state index in [0.717, 1.165) is 5.75 Å². The Balaban J connectivity index is 2.55. The van der Waals surface area contributed by atoms with Crippen molar-refractivity contribution >= 4 is 17.8 Å². The molecule has 17 heavy (non-hydrogen) atoms. The summed E-state index contributed by atoms with van der Waals surface area (Å²) in [5.74, 6) is 1.48. The first-order valence-corrected chi connectivity index (χ1v) is 7.94. The Labute approximate surface area is 110 Å². The van der Waals surface area contributed by atoms with E-state index in [1.165, 1.54) is 12.8 Å². The van der Waals surface area contributed by atoms with Gasteiger partial charge in [0.05, 0.1) is 0 Å². The predicted octanol–water partition coefficient (Wildman–Crippen LogP) is 2.96. The molecule has 1 aliphatic rings. The molecule has 4 heteroatoms. The largest absolute Gasteiger partial charge is 0.335 e. The highest BCUT2D eigenvalue weighted by molar-refractivity contribution is 7.98. The number of urea groups is 1. The summed E-state index contributed by atoms with van der Waals surface area (Å²) in [4.78, 5) is 14.3. The van der Waals surface area contributed by atoms with E-state index in [1.54, 1.807) is 11.8 Å². The highest BCUT2D eigenvalue weighted by Gasteiger charge is 2.36. The molecule has 0 aliphatic heterocycles. The summed E-state index contributed by atoms with van der Waals surface area (Å²) in [6, 6.07) is 1.17. The van der Waals surface area contributed by atoms with Crippen LogP contribution in [-0.2, 0) is 0 Å². The minimum Gasteiger partial charge on any atom is -0.335 e. The van der Waals surface area contributed by atoms with Gasteiger partial charge in [-0.25, -0.2) is 4.79 Å². The van der Waals surface area contributed by atoms with Crippen LogP contribution in [0.1, 0.15) is 40.5 Å². The lowest BCUT2D eigenvalue weighted by molar-refractivity contribution is 0.155. The molecule has 0 aromatic carbocycles. The summed E-state index contributed by atoms with van der Waals surface area (Å²) in [7, 11) is 0. The number of hydrogen-bond donors (Lipinski definition) is 1. The van der Waals surface area contributed by atoms with Crippen molar-refractivity contribution in [1.82, 2.24) is 10.2 Å². The third-order valence-corrected chi connectivity index (χ3v) is 4.20. The number of carbonyl (C=O) groups is 1. The topological polar surface area (TPSA) is 32.3 Å². The quantitative estimate of drug-likeness (QED) is 0.794. The Kier molecular flexibility index (Phi) is 5.63. The van der Waals surface area contributed by atoms with Gasteiger partial charge in [0.1, 0.15) is 0 Å². The van der Waals surface area contributed by atoms with E-state index in [0.29, 0.717) is 18.0 Å². The van der Waals surface area contributed by atoms with Crippen LogP contribution in [0, 0.1) is 5.92 Å². The molecule has 1 N–H and O–H groups in total. The van der Waals surface area contributed by atoms with Gasteiger partial charge in [0, 0.05) is 23.9 Å². The van der Waals surface area contributed by atoms with Crippen molar-refractivity contribution in [2.45, 2.75) is 58.7 Å². The number of nitrogens with zero attached hydrogens (tertiary/aromatic N) is 1. The van der Waals surface area contributed by atoms with Crippen molar-refractivity contribution in [2.75, 3.05) is 12.0 Å². The summed E-state index contributed by atoms with van der Waals surface area (Å²) in [6.07, 6.45) is 4.40. The molecule has 0 spiro atoms. The molecule has 3 nitrogen and oxygen atoms in total. The minimum atomic E-state index is 0.121. The smallest absolute Gasteiger partial charge is 0.318 e. The van der Waals surface area contributed by atoms with Crippen LogP contribution in [0.25, 0.3) is 0 Å². The van der Waals surface area contributed by atoms with Gasteiger partial charge in [-0.1, -0.05) is 13.8 Å². The maximum absolute atomic E-state index is 12.3. The number of carbonyl (C=O) groups excluding carboxylic acids is 1. The molecule has 2 atom stereocenters. The zero-order valence-corrected chi connectivity index (χ0v) is 12.5. The Morgan fingerprint density at radius 3 is 2.35 bits per heavy atom. The standard InChI is InChI=1S/C13H26N2OS/c1-9(2)11(4)15(12-6-7-12)13(16)14-10(3)8-17-5/h9-12H,6-8H2,1-5H3,(H,14,16). The monoisotopic (exact) mass is 258 g/mol. The summed E-state index contributed by atoms with van der Waals surface area (Å²) < 4.78 is 0. The fraction of sp³-hybridized carbons (Fsp3) is 0.923. The van der Waals surface area contributed by atoms with Crippen molar-refractivity contribution in [3.05, 3.63) is 0 Å². The van der Waals surface area contributed by atoms with Crippen LogP contribution < -0.4 is 5.32 Å². The maximum atomic E-state index is 12.3. The maximum Gasteiger partial charge on any atom is 0.318 e. The molecule has 0 aromatic rings. The lowest BCUT2D eigenvalue weighted by atomic mass is 10.0. The third kappa shape index (κ3) is 4.41. The van der Waals surface area contributed by atoms with Crippen LogP contribution in [-0.4, -0.2) is 41.1 Å². The van der Waals surface area contributed by atoms with Crippen LogP contribution in [0.5, 0.6) is 0 Å². The average Bonchev–Trinajstić information content (AvgIpc) is 3.02. The van der Waals surface area contributed by atoms with Crippen LogP contribution in [0.15, 0.2) is 0 Å².